The molecule has 7 heteroatoms. The molecule has 1 aliphatic heterocycles. The van der Waals surface area contributed by atoms with Crippen molar-refractivity contribution in [2.45, 2.75) is 25.8 Å². The average molecular weight is 408 g/mol. The van der Waals surface area contributed by atoms with E-state index in [0.717, 1.165) is 30.4 Å². The minimum Gasteiger partial charge on any atom is -0.493 e. The molecule has 1 aromatic carbocycles. The lowest BCUT2D eigenvalue weighted by atomic mass is 10.0. The van der Waals surface area contributed by atoms with Gasteiger partial charge in [-0.05, 0) is 54.9 Å². The van der Waals surface area contributed by atoms with Gasteiger partial charge in [0, 0.05) is 24.7 Å². The summed E-state index contributed by atoms with van der Waals surface area (Å²) in [5.41, 5.74) is 0.620. The number of nitrogens with zero attached hydrogens (tertiary/aromatic N) is 1. The largest absolute Gasteiger partial charge is 0.493 e. The number of rotatable bonds is 5. The number of likely N-dealkylation sites (tertiary alicyclic amines) is 1. The highest BCUT2D eigenvalue weighted by molar-refractivity contribution is 9.10. The highest BCUT2D eigenvalue weighted by Gasteiger charge is 2.24. The van der Waals surface area contributed by atoms with E-state index in [4.69, 9.17) is 9.47 Å². The molecule has 0 atom stereocenters. The molecule has 23 heavy (non-hydrogen) atoms. The smallest absolute Gasteiger partial charge is 0.254 e. The summed E-state index contributed by atoms with van der Waals surface area (Å²) in [6, 6.07) is 4.06. The molecule has 1 fully saturated rings. The van der Waals surface area contributed by atoms with Crippen molar-refractivity contribution >= 4 is 34.2 Å². The molecule has 0 aromatic heterocycles. The number of methoxy groups -OCH3 is 1. The van der Waals surface area contributed by atoms with Gasteiger partial charge in [-0.15, -0.1) is 12.4 Å². The highest BCUT2D eigenvalue weighted by atomic mass is 79.9. The molecule has 0 spiro atoms. The van der Waals surface area contributed by atoms with Crippen molar-refractivity contribution in [2.75, 3.05) is 33.9 Å². The van der Waals surface area contributed by atoms with Crippen molar-refractivity contribution in [1.29, 1.82) is 0 Å². The first kappa shape index (κ1) is 20.1. The molecular weight excluding hydrogens is 384 g/mol. The number of hydrogen-bond acceptors (Lipinski definition) is 4. The van der Waals surface area contributed by atoms with E-state index in [2.05, 4.69) is 21.2 Å². The van der Waals surface area contributed by atoms with Gasteiger partial charge in [0.05, 0.1) is 18.2 Å². The predicted octanol–water partition coefficient (Wildman–Crippen LogP) is 3.10. The zero-order chi connectivity index (χ0) is 16.1. The van der Waals surface area contributed by atoms with E-state index in [-0.39, 0.29) is 18.3 Å². The third kappa shape index (κ3) is 4.75. The first-order chi connectivity index (χ1) is 10.6. The summed E-state index contributed by atoms with van der Waals surface area (Å²) in [6.45, 7) is 4.01. The molecular formula is C16H24BrClN2O3. The zero-order valence-electron chi connectivity index (χ0n) is 13.7. The summed E-state index contributed by atoms with van der Waals surface area (Å²) >= 11 is 3.47. The SMILES string of the molecule is CCOc1c(Br)cc(C(=O)N2CCC(NC)CC2)cc1OC.Cl. The van der Waals surface area contributed by atoms with Gasteiger partial charge in [0.15, 0.2) is 11.5 Å². The molecule has 1 aliphatic rings. The van der Waals surface area contributed by atoms with E-state index in [1.54, 1.807) is 19.2 Å². The van der Waals surface area contributed by atoms with Gasteiger partial charge in [-0.1, -0.05) is 0 Å². The maximum absolute atomic E-state index is 12.7. The van der Waals surface area contributed by atoms with E-state index in [1.807, 2.05) is 18.9 Å². The fourth-order valence-corrected chi connectivity index (χ4v) is 3.24. The van der Waals surface area contributed by atoms with Gasteiger partial charge in [-0.3, -0.25) is 4.79 Å². The Morgan fingerprint density at radius 1 is 1.39 bits per heavy atom. The number of piperidine rings is 1. The van der Waals surface area contributed by atoms with E-state index in [0.29, 0.717) is 29.7 Å². The molecule has 0 aliphatic carbocycles. The van der Waals surface area contributed by atoms with Crippen LogP contribution in [0.25, 0.3) is 0 Å². The number of nitrogens with one attached hydrogen (secondary N) is 1. The molecule has 0 unspecified atom stereocenters. The molecule has 2 rings (SSSR count). The monoisotopic (exact) mass is 406 g/mol. The molecule has 0 bridgehead atoms. The maximum Gasteiger partial charge on any atom is 0.254 e. The Labute approximate surface area is 152 Å². The highest BCUT2D eigenvalue weighted by Crippen LogP contribution is 2.37. The number of benzene rings is 1. The average Bonchev–Trinajstić information content (AvgIpc) is 2.56. The van der Waals surface area contributed by atoms with Crippen molar-refractivity contribution in [3.8, 4) is 11.5 Å². The second-order valence-electron chi connectivity index (χ2n) is 5.28. The molecule has 1 N–H and O–H groups in total. The van der Waals surface area contributed by atoms with E-state index in [9.17, 15) is 4.79 Å². The first-order valence-corrected chi connectivity index (χ1v) is 8.36. The van der Waals surface area contributed by atoms with Crippen molar-refractivity contribution in [1.82, 2.24) is 10.2 Å². The summed E-state index contributed by atoms with van der Waals surface area (Å²) < 4.78 is 11.7. The Morgan fingerprint density at radius 2 is 2.04 bits per heavy atom. The standard InChI is InChI=1S/C16H23BrN2O3.ClH/c1-4-22-15-13(17)9-11(10-14(15)21-3)16(20)19-7-5-12(18-2)6-8-19;/h9-10,12,18H,4-8H2,1-3H3;1H. The van der Waals surface area contributed by atoms with Crippen LogP contribution in [0.15, 0.2) is 16.6 Å². The Hall–Kier alpha value is -0.980. The van der Waals surface area contributed by atoms with Gasteiger partial charge < -0.3 is 19.7 Å². The second kappa shape index (κ2) is 9.35. The van der Waals surface area contributed by atoms with Crippen LogP contribution in [0.2, 0.25) is 0 Å². The first-order valence-electron chi connectivity index (χ1n) is 7.57. The summed E-state index contributed by atoms with van der Waals surface area (Å²) in [5.74, 6) is 1.25. The normalized spacial score (nSPS) is 15.0. The molecule has 5 nitrogen and oxygen atoms in total. The Kier molecular flexibility index (Phi) is 8.16. The number of carbonyl (C=O) groups excluding carboxylic acids is 1. The van der Waals surface area contributed by atoms with E-state index < -0.39 is 0 Å². The number of carbonyl (C=O) groups is 1. The van der Waals surface area contributed by atoms with E-state index >= 15 is 0 Å². The topological polar surface area (TPSA) is 50.8 Å². The van der Waals surface area contributed by atoms with Crippen molar-refractivity contribution in [3.05, 3.63) is 22.2 Å². The minimum absolute atomic E-state index is 0. The zero-order valence-corrected chi connectivity index (χ0v) is 16.1. The lowest BCUT2D eigenvalue weighted by molar-refractivity contribution is 0.0707. The number of amides is 1. The Balaban J connectivity index is 0.00000264. The third-order valence-corrected chi connectivity index (χ3v) is 4.54. The van der Waals surface area contributed by atoms with Gasteiger partial charge in [0.1, 0.15) is 0 Å². The summed E-state index contributed by atoms with van der Waals surface area (Å²) in [6.07, 6.45) is 1.97. The van der Waals surface area contributed by atoms with Gasteiger partial charge in [-0.2, -0.15) is 0 Å². The van der Waals surface area contributed by atoms with E-state index in [1.165, 1.54) is 0 Å². The van der Waals surface area contributed by atoms with Crippen LogP contribution >= 0.6 is 28.3 Å². The van der Waals surface area contributed by atoms with Crippen LogP contribution in [-0.2, 0) is 0 Å². The van der Waals surface area contributed by atoms with Gasteiger partial charge in [0.2, 0.25) is 0 Å². The van der Waals surface area contributed by atoms with Gasteiger partial charge in [-0.25, -0.2) is 0 Å². The second-order valence-corrected chi connectivity index (χ2v) is 6.13. The molecule has 0 radical (unpaired) electrons. The van der Waals surface area contributed by atoms with Crippen LogP contribution in [0.3, 0.4) is 0 Å². The van der Waals surface area contributed by atoms with Crippen LogP contribution in [0.5, 0.6) is 11.5 Å². The van der Waals surface area contributed by atoms with Crippen molar-refractivity contribution in [3.63, 3.8) is 0 Å². The maximum atomic E-state index is 12.7. The lowest BCUT2D eigenvalue weighted by Crippen LogP contribution is -2.43. The lowest BCUT2D eigenvalue weighted by Gasteiger charge is -2.32. The number of halogens is 2. The van der Waals surface area contributed by atoms with Gasteiger partial charge >= 0.3 is 0 Å². The molecule has 1 amide bonds. The summed E-state index contributed by atoms with van der Waals surface area (Å²) in [5, 5.41) is 3.27. The van der Waals surface area contributed by atoms with Crippen LogP contribution < -0.4 is 14.8 Å². The van der Waals surface area contributed by atoms with Crippen LogP contribution in [0, 0.1) is 0 Å². The molecule has 1 saturated heterocycles. The third-order valence-electron chi connectivity index (χ3n) is 3.96. The fourth-order valence-electron chi connectivity index (χ4n) is 2.68. The molecule has 130 valence electrons. The number of hydrogen-bond donors (Lipinski definition) is 1. The van der Waals surface area contributed by atoms with Gasteiger partial charge in [0.25, 0.3) is 5.91 Å². The number of ether oxygens (including phenoxy) is 2. The Bertz CT molecular complexity index is 534. The van der Waals surface area contributed by atoms with Crippen LogP contribution in [0.1, 0.15) is 30.1 Å². The van der Waals surface area contributed by atoms with Crippen LogP contribution in [-0.4, -0.2) is 50.7 Å². The summed E-state index contributed by atoms with van der Waals surface area (Å²) in [4.78, 5) is 14.6. The Morgan fingerprint density at radius 3 is 2.57 bits per heavy atom. The van der Waals surface area contributed by atoms with Crippen molar-refractivity contribution in [2.24, 2.45) is 0 Å². The molecule has 1 aromatic rings. The molecule has 0 saturated carbocycles. The summed E-state index contributed by atoms with van der Waals surface area (Å²) in [7, 11) is 3.55. The fraction of sp³-hybridized carbons (Fsp3) is 0.562. The van der Waals surface area contributed by atoms with Crippen LogP contribution in [0.4, 0.5) is 0 Å². The minimum atomic E-state index is 0. The molecule has 1 heterocycles. The quantitative estimate of drug-likeness (QED) is 0.815. The predicted molar refractivity (Wildman–Crippen MR) is 97.1 cm³/mol. The van der Waals surface area contributed by atoms with Crippen molar-refractivity contribution < 1.29 is 14.3 Å².